The fourth-order valence-corrected chi connectivity index (χ4v) is 1.75. The van der Waals surface area contributed by atoms with Gasteiger partial charge in [0, 0.05) is 18.7 Å². The van der Waals surface area contributed by atoms with Gasteiger partial charge in [0.2, 0.25) is 0 Å². The molecule has 0 radical (unpaired) electrons. The summed E-state index contributed by atoms with van der Waals surface area (Å²) in [6.45, 7) is -0.182. The molecule has 21 heavy (non-hydrogen) atoms. The molecule has 1 aromatic rings. The molecule has 0 bridgehead atoms. The number of nitro benzene ring substituents is 1. The van der Waals surface area contributed by atoms with E-state index in [4.69, 9.17) is 9.84 Å². The third kappa shape index (κ3) is 3.68. The van der Waals surface area contributed by atoms with Gasteiger partial charge in [-0.3, -0.25) is 19.7 Å². The molecule has 8 heteroatoms. The number of non-ortho nitro benzene ring substituents is 1. The van der Waals surface area contributed by atoms with Crippen LogP contribution in [0.1, 0.15) is 12.8 Å². The van der Waals surface area contributed by atoms with Gasteiger partial charge >= 0.3 is 5.97 Å². The molecular formula is C13H14N2O6. The number of carboxylic acid groups (broad SMARTS) is 1. The standard InChI is InChI=1S/C13H14N2O6/c16-11(14-8-13(5-6-13)12(17)18)7-21-10-3-1-9(2-4-10)15(19)20/h1-4H,5-8H2,(H,14,16)(H,17,18). The summed E-state index contributed by atoms with van der Waals surface area (Å²) in [5.74, 6) is -1.00. The van der Waals surface area contributed by atoms with E-state index in [0.717, 1.165) is 0 Å². The summed E-state index contributed by atoms with van der Waals surface area (Å²) in [6, 6.07) is 5.34. The lowest BCUT2D eigenvalue weighted by atomic mass is 10.1. The Morgan fingerprint density at radius 2 is 1.95 bits per heavy atom. The Bertz CT molecular complexity index is 565. The Morgan fingerprint density at radius 3 is 2.43 bits per heavy atom. The van der Waals surface area contributed by atoms with Crippen LogP contribution in [0.3, 0.4) is 0 Å². The fourth-order valence-electron chi connectivity index (χ4n) is 1.75. The zero-order chi connectivity index (χ0) is 15.5. The average Bonchev–Trinajstić information content (AvgIpc) is 3.24. The van der Waals surface area contributed by atoms with Gasteiger partial charge in [-0.05, 0) is 25.0 Å². The average molecular weight is 294 g/mol. The molecule has 1 fully saturated rings. The van der Waals surface area contributed by atoms with Crippen LogP contribution in [0.4, 0.5) is 5.69 Å². The first-order valence-electron chi connectivity index (χ1n) is 6.30. The second kappa shape index (κ2) is 5.78. The number of ether oxygens (including phenoxy) is 1. The molecule has 1 saturated carbocycles. The SMILES string of the molecule is O=C(COc1ccc([N+](=O)[O-])cc1)NCC1(C(=O)O)CC1. The fraction of sp³-hybridized carbons (Fsp3) is 0.385. The van der Waals surface area contributed by atoms with E-state index in [-0.39, 0.29) is 18.8 Å². The number of nitrogens with one attached hydrogen (secondary N) is 1. The van der Waals surface area contributed by atoms with Crippen molar-refractivity contribution < 1.29 is 24.4 Å². The first-order chi connectivity index (χ1) is 9.93. The molecule has 2 rings (SSSR count). The number of carbonyl (C=O) groups excluding carboxylic acids is 1. The highest BCUT2D eigenvalue weighted by Crippen LogP contribution is 2.45. The van der Waals surface area contributed by atoms with E-state index < -0.39 is 22.2 Å². The third-order valence-electron chi connectivity index (χ3n) is 3.35. The number of carbonyl (C=O) groups is 2. The van der Waals surface area contributed by atoms with Crippen molar-refractivity contribution in [3.05, 3.63) is 34.4 Å². The summed E-state index contributed by atoms with van der Waals surface area (Å²) in [4.78, 5) is 32.4. The van der Waals surface area contributed by atoms with Crippen LogP contribution in [-0.2, 0) is 9.59 Å². The molecule has 0 aromatic heterocycles. The van der Waals surface area contributed by atoms with E-state index in [0.29, 0.717) is 18.6 Å². The Labute approximate surface area is 119 Å². The normalized spacial score (nSPS) is 15.0. The lowest BCUT2D eigenvalue weighted by Gasteiger charge is -2.11. The second-order valence-electron chi connectivity index (χ2n) is 4.90. The number of hydrogen-bond donors (Lipinski definition) is 2. The van der Waals surface area contributed by atoms with Crippen LogP contribution in [0.25, 0.3) is 0 Å². The molecule has 1 aliphatic rings. The monoisotopic (exact) mass is 294 g/mol. The van der Waals surface area contributed by atoms with Gasteiger partial charge in [0.15, 0.2) is 6.61 Å². The first-order valence-corrected chi connectivity index (χ1v) is 6.30. The minimum absolute atomic E-state index is 0.0658. The number of amides is 1. The number of carboxylic acids is 1. The highest BCUT2D eigenvalue weighted by atomic mass is 16.6. The van der Waals surface area contributed by atoms with Gasteiger partial charge in [-0.1, -0.05) is 0 Å². The predicted octanol–water partition coefficient (Wildman–Crippen LogP) is 0.955. The number of nitrogens with zero attached hydrogens (tertiary/aromatic N) is 1. The van der Waals surface area contributed by atoms with E-state index in [1.54, 1.807) is 0 Å². The highest BCUT2D eigenvalue weighted by Gasteiger charge is 2.50. The van der Waals surface area contributed by atoms with Crippen molar-refractivity contribution >= 4 is 17.6 Å². The molecule has 1 aliphatic carbocycles. The number of rotatable bonds is 7. The Morgan fingerprint density at radius 1 is 1.33 bits per heavy atom. The maximum Gasteiger partial charge on any atom is 0.311 e. The largest absolute Gasteiger partial charge is 0.484 e. The zero-order valence-corrected chi connectivity index (χ0v) is 11.1. The van der Waals surface area contributed by atoms with Crippen molar-refractivity contribution in [1.29, 1.82) is 0 Å². The summed E-state index contributed by atoms with van der Waals surface area (Å²) >= 11 is 0. The van der Waals surface area contributed by atoms with E-state index in [2.05, 4.69) is 5.32 Å². The molecule has 0 spiro atoms. The molecule has 8 nitrogen and oxygen atoms in total. The quantitative estimate of drug-likeness (QED) is 0.571. The molecule has 1 amide bonds. The molecule has 0 heterocycles. The third-order valence-corrected chi connectivity index (χ3v) is 3.35. The number of aliphatic carboxylic acids is 1. The van der Waals surface area contributed by atoms with Crippen molar-refractivity contribution in [3.63, 3.8) is 0 Å². The van der Waals surface area contributed by atoms with Crippen molar-refractivity contribution in [1.82, 2.24) is 5.32 Å². The Kier molecular flexibility index (Phi) is 4.06. The van der Waals surface area contributed by atoms with E-state index in [9.17, 15) is 19.7 Å². The smallest absolute Gasteiger partial charge is 0.311 e. The highest BCUT2D eigenvalue weighted by molar-refractivity contribution is 5.81. The Hall–Kier alpha value is -2.64. The molecule has 1 aromatic carbocycles. The molecular weight excluding hydrogens is 280 g/mol. The maximum atomic E-state index is 11.6. The molecule has 112 valence electrons. The Balaban J connectivity index is 1.76. The second-order valence-corrected chi connectivity index (χ2v) is 4.90. The molecule has 2 N–H and O–H groups in total. The van der Waals surface area contributed by atoms with Crippen LogP contribution in [0.2, 0.25) is 0 Å². The van der Waals surface area contributed by atoms with E-state index in [1.807, 2.05) is 0 Å². The summed E-state index contributed by atoms with van der Waals surface area (Å²) in [7, 11) is 0. The molecule has 0 unspecified atom stereocenters. The summed E-state index contributed by atoms with van der Waals surface area (Å²) in [5.41, 5.74) is -0.882. The van der Waals surface area contributed by atoms with Crippen LogP contribution in [-0.4, -0.2) is 35.1 Å². The van der Waals surface area contributed by atoms with Crippen LogP contribution in [0.15, 0.2) is 24.3 Å². The predicted molar refractivity (Wildman–Crippen MR) is 70.9 cm³/mol. The van der Waals surface area contributed by atoms with Crippen molar-refractivity contribution in [2.24, 2.45) is 5.41 Å². The zero-order valence-electron chi connectivity index (χ0n) is 11.1. The van der Waals surface area contributed by atoms with Gasteiger partial charge in [-0.15, -0.1) is 0 Å². The lowest BCUT2D eigenvalue weighted by Crippen LogP contribution is -2.36. The lowest BCUT2D eigenvalue weighted by molar-refractivity contribution is -0.384. The minimum Gasteiger partial charge on any atom is -0.484 e. The van der Waals surface area contributed by atoms with Crippen molar-refractivity contribution in [3.8, 4) is 5.75 Å². The van der Waals surface area contributed by atoms with Crippen LogP contribution in [0.5, 0.6) is 5.75 Å². The number of benzene rings is 1. The minimum atomic E-state index is -0.904. The van der Waals surface area contributed by atoms with E-state index in [1.165, 1.54) is 24.3 Å². The van der Waals surface area contributed by atoms with Crippen LogP contribution >= 0.6 is 0 Å². The van der Waals surface area contributed by atoms with Gasteiger partial charge in [0.25, 0.3) is 11.6 Å². The number of hydrogen-bond acceptors (Lipinski definition) is 5. The van der Waals surface area contributed by atoms with Crippen LogP contribution < -0.4 is 10.1 Å². The number of nitro groups is 1. The van der Waals surface area contributed by atoms with Crippen LogP contribution in [0, 0.1) is 15.5 Å². The first kappa shape index (κ1) is 14.8. The topological polar surface area (TPSA) is 119 Å². The van der Waals surface area contributed by atoms with Gasteiger partial charge < -0.3 is 15.2 Å². The molecule has 0 aliphatic heterocycles. The summed E-state index contributed by atoms with van der Waals surface area (Å²) in [6.07, 6.45) is 1.12. The molecule has 0 atom stereocenters. The van der Waals surface area contributed by atoms with Gasteiger partial charge in [-0.25, -0.2) is 0 Å². The molecule has 0 saturated heterocycles. The van der Waals surface area contributed by atoms with Crippen molar-refractivity contribution in [2.45, 2.75) is 12.8 Å². The van der Waals surface area contributed by atoms with Gasteiger partial charge in [0.05, 0.1) is 10.3 Å². The van der Waals surface area contributed by atoms with Gasteiger partial charge in [-0.2, -0.15) is 0 Å². The summed E-state index contributed by atoms with van der Waals surface area (Å²) in [5, 5.41) is 21.9. The van der Waals surface area contributed by atoms with Crippen molar-refractivity contribution in [2.75, 3.05) is 13.2 Å². The maximum absolute atomic E-state index is 11.6. The van der Waals surface area contributed by atoms with E-state index >= 15 is 0 Å². The summed E-state index contributed by atoms with van der Waals surface area (Å²) < 4.78 is 5.17. The van der Waals surface area contributed by atoms with Gasteiger partial charge in [0.1, 0.15) is 5.75 Å².